The highest BCUT2D eigenvalue weighted by atomic mass is 19.1. The lowest BCUT2D eigenvalue weighted by atomic mass is 10.0. The minimum absolute atomic E-state index is 0.225. The summed E-state index contributed by atoms with van der Waals surface area (Å²) in [5, 5.41) is 9.28. The van der Waals surface area contributed by atoms with Crippen LogP contribution in [0.15, 0.2) is 18.2 Å². The summed E-state index contributed by atoms with van der Waals surface area (Å²) in [6.07, 6.45) is 0.225. The van der Waals surface area contributed by atoms with Gasteiger partial charge in [0.25, 0.3) is 0 Å². The first-order chi connectivity index (χ1) is 9.49. The van der Waals surface area contributed by atoms with Gasteiger partial charge in [-0.15, -0.1) is 0 Å². The first kappa shape index (κ1) is 16.1. The molecule has 1 atom stereocenters. The van der Waals surface area contributed by atoms with Gasteiger partial charge in [-0.05, 0) is 38.1 Å². The fraction of sp³-hybridized carbons (Fsp3) is 0.467. The van der Waals surface area contributed by atoms with Gasteiger partial charge in [0.2, 0.25) is 0 Å². The molecule has 108 valence electrons. The Morgan fingerprint density at radius 1 is 1.55 bits per heavy atom. The Kier molecular flexibility index (Phi) is 6.13. The number of ether oxygens (including phenoxy) is 1. The Morgan fingerprint density at radius 3 is 2.80 bits per heavy atom. The molecule has 1 aromatic carbocycles. The summed E-state index contributed by atoms with van der Waals surface area (Å²) in [6.45, 7) is 4.17. The predicted molar refractivity (Wildman–Crippen MR) is 73.4 cm³/mol. The van der Waals surface area contributed by atoms with Gasteiger partial charge in [0.1, 0.15) is 11.9 Å². The third-order valence-electron chi connectivity index (χ3n) is 3.03. The molecule has 1 rings (SSSR count). The molecule has 0 saturated heterocycles. The van der Waals surface area contributed by atoms with E-state index in [1.165, 1.54) is 6.07 Å². The van der Waals surface area contributed by atoms with Gasteiger partial charge in [-0.3, -0.25) is 9.69 Å². The zero-order chi connectivity index (χ0) is 15.1. The van der Waals surface area contributed by atoms with Crippen molar-refractivity contribution in [1.82, 2.24) is 4.90 Å². The normalized spacial score (nSPS) is 12.0. The molecule has 0 saturated carbocycles. The smallest absolute Gasteiger partial charge is 0.307 e. The number of carbonyl (C=O) groups excluding carboxylic acids is 1. The van der Waals surface area contributed by atoms with Crippen molar-refractivity contribution in [2.75, 3.05) is 20.2 Å². The van der Waals surface area contributed by atoms with Crippen molar-refractivity contribution >= 4 is 5.97 Å². The minimum atomic E-state index is -0.510. The zero-order valence-corrected chi connectivity index (χ0v) is 12.0. The van der Waals surface area contributed by atoms with Gasteiger partial charge in [0.15, 0.2) is 0 Å². The molecule has 0 aliphatic heterocycles. The lowest BCUT2D eigenvalue weighted by Gasteiger charge is -2.22. The molecule has 0 fully saturated rings. The van der Waals surface area contributed by atoms with Crippen LogP contribution in [0.3, 0.4) is 0 Å². The number of aryl methyl sites for hydroxylation is 1. The van der Waals surface area contributed by atoms with Gasteiger partial charge in [-0.2, -0.15) is 5.26 Å². The highest BCUT2D eigenvalue weighted by Crippen LogP contribution is 2.21. The number of halogens is 1. The number of hydrogen-bond acceptors (Lipinski definition) is 4. The average Bonchev–Trinajstić information content (AvgIpc) is 2.41. The number of rotatable bonds is 6. The summed E-state index contributed by atoms with van der Waals surface area (Å²) in [7, 11) is 1.76. The van der Waals surface area contributed by atoms with E-state index in [2.05, 4.69) is 6.07 Å². The van der Waals surface area contributed by atoms with Crippen LogP contribution >= 0.6 is 0 Å². The number of esters is 1. The molecule has 0 radical (unpaired) electrons. The van der Waals surface area contributed by atoms with Crippen LogP contribution in [0.5, 0.6) is 0 Å². The summed E-state index contributed by atoms with van der Waals surface area (Å²) in [4.78, 5) is 13.1. The molecule has 0 aromatic heterocycles. The van der Waals surface area contributed by atoms with E-state index in [1.54, 1.807) is 37.9 Å². The van der Waals surface area contributed by atoms with E-state index >= 15 is 0 Å². The third kappa shape index (κ3) is 4.32. The van der Waals surface area contributed by atoms with Crippen LogP contribution in [0.4, 0.5) is 4.39 Å². The van der Waals surface area contributed by atoms with E-state index in [1.807, 2.05) is 0 Å². The number of benzene rings is 1. The van der Waals surface area contributed by atoms with Crippen LogP contribution in [0.25, 0.3) is 0 Å². The van der Waals surface area contributed by atoms with Gasteiger partial charge in [0, 0.05) is 6.54 Å². The fourth-order valence-corrected chi connectivity index (χ4v) is 1.90. The molecule has 1 aromatic rings. The Balaban J connectivity index is 2.72. The van der Waals surface area contributed by atoms with Gasteiger partial charge in [0.05, 0.1) is 19.1 Å². The van der Waals surface area contributed by atoms with Crippen molar-refractivity contribution in [3.05, 3.63) is 35.1 Å². The fourth-order valence-electron chi connectivity index (χ4n) is 1.90. The quantitative estimate of drug-likeness (QED) is 0.750. The number of hydrogen-bond donors (Lipinski definition) is 0. The van der Waals surface area contributed by atoms with Crippen LogP contribution in [-0.2, 0) is 9.53 Å². The largest absolute Gasteiger partial charge is 0.466 e. The van der Waals surface area contributed by atoms with Crippen LogP contribution in [0, 0.1) is 24.1 Å². The minimum Gasteiger partial charge on any atom is -0.466 e. The van der Waals surface area contributed by atoms with E-state index in [-0.39, 0.29) is 18.2 Å². The standard InChI is InChI=1S/C15H19FN2O2/c1-4-20-15(19)7-8-18(3)14(10-17)12-5-6-13(16)11(2)9-12/h5-6,9,14H,4,7-8H2,1-3H3. The summed E-state index contributed by atoms with van der Waals surface area (Å²) in [5.74, 6) is -0.578. The maximum Gasteiger partial charge on any atom is 0.307 e. The molecule has 0 N–H and O–H groups in total. The second kappa shape index (κ2) is 7.61. The maximum atomic E-state index is 13.2. The molecule has 0 amide bonds. The van der Waals surface area contributed by atoms with Crippen molar-refractivity contribution < 1.29 is 13.9 Å². The molecular weight excluding hydrogens is 259 g/mol. The van der Waals surface area contributed by atoms with E-state index in [0.717, 1.165) is 5.56 Å². The summed E-state index contributed by atoms with van der Waals surface area (Å²) < 4.78 is 18.1. The van der Waals surface area contributed by atoms with Crippen LogP contribution in [-0.4, -0.2) is 31.1 Å². The Hall–Kier alpha value is -1.93. The lowest BCUT2D eigenvalue weighted by Crippen LogP contribution is -2.26. The number of nitriles is 1. The molecule has 1 unspecified atom stereocenters. The van der Waals surface area contributed by atoms with E-state index < -0.39 is 6.04 Å². The number of nitrogens with zero attached hydrogens (tertiary/aromatic N) is 2. The lowest BCUT2D eigenvalue weighted by molar-refractivity contribution is -0.143. The van der Waals surface area contributed by atoms with Crippen molar-refractivity contribution in [2.45, 2.75) is 26.3 Å². The van der Waals surface area contributed by atoms with E-state index in [9.17, 15) is 14.4 Å². The monoisotopic (exact) mass is 278 g/mol. The van der Waals surface area contributed by atoms with Gasteiger partial charge < -0.3 is 4.74 Å². The Bertz CT molecular complexity index is 511. The molecule has 5 heteroatoms. The van der Waals surface area contributed by atoms with Crippen LogP contribution in [0.1, 0.15) is 30.5 Å². The second-order valence-corrected chi connectivity index (χ2v) is 4.58. The summed E-state index contributed by atoms with van der Waals surface area (Å²) >= 11 is 0. The molecule has 0 aliphatic rings. The van der Waals surface area contributed by atoms with Crippen LogP contribution in [0.2, 0.25) is 0 Å². The van der Waals surface area contributed by atoms with Crippen molar-refractivity contribution in [3.8, 4) is 6.07 Å². The SMILES string of the molecule is CCOC(=O)CCN(C)C(C#N)c1ccc(F)c(C)c1. The molecule has 4 nitrogen and oxygen atoms in total. The van der Waals surface area contributed by atoms with E-state index in [0.29, 0.717) is 18.7 Å². The second-order valence-electron chi connectivity index (χ2n) is 4.58. The van der Waals surface area contributed by atoms with E-state index in [4.69, 9.17) is 4.74 Å². The van der Waals surface area contributed by atoms with Gasteiger partial charge in [-0.1, -0.05) is 12.1 Å². The van der Waals surface area contributed by atoms with Gasteiger partial charge >= 0.3 is 5.97 Å². The van der Waals surface area contributed by atoms with Crippen molar-refractivity contribution in [3.63, 3.8) is 0 Å². The predicted octanol–water partition coefficient (Wildman–Crippen LogP) is 2.58. The molecule has 0 aliphatic carbocycles. The molecule has 0 bridgehead atoms. The average molecular weight is 278 g/mol. The maximum absolute atomic E-state index is 13.2. The topological polar surface area (TPSA) is 53.3 Å². The summed E-state index contributed by atoms with van der Waals surface area (Å²) in [5.41, 5.74) is 1.22. The zero-order valence-electron chi connectivity index (χ0n) is 12.0. The number of carbonyl (C=O) groups is 1. The van der Waals surface area contributed by atoms with Crippen molar-refractivity contribution in [1.29, 1.82) is 5.26 Å². The third-order valence-corrected chi connectivity index (χ3v) is 3.03. The Morgan fingerprint density at radius 2 is 2.25 bits per heavy atom. The molecular formula is C15H19FN2O2. The first-order valence-electron chi connectivity index (χ1n) is 6.51. The molecule has 0 spiro atoms. The highest BCUT2D eigenvalue weighted by molar-refractivity contribution is 5.69. The molecule has 20 heavy (non-hydrogen) atoms. The van der Waals surface area contributed by atoms with Gasteiger partial charge in [-0.25, -0.2) is 4.39 Å². The Labute approximate surface area is 118 Å². The van der Waals surface area contributed by atoms with Crippen molar-refractivity contribution in [2.24, 2.45) is 0 Å². The first-order valence-corrected chi connectivity index (χ1v) is 6.51. The summed E-state index contributed by atoms with van der Waals surface area (Å²) in [6, 6.07) is 6.27. The van der Waals surface area contributed by atoms with Crippen LogP contribution < -0.4 is 0 Å². The highest BCUT2D eigenvalue weighted by Gasteiger charge is 2.18. The molecule has 0 heterocycles.